The summed E-state index contributed by atoms with van der Waals surface area (Å²) < 4.78 is 0. The Morgan fingerprint density at radius 2 is 1.85 bits per heavy atom. The largest absolute Gasteiger partial charge is 0.350 e. The molecular weight excluding hydrogens is 356 g/mol. The van der Waals surface area contributed by atoms with Crippen LogP contribution in [0.3, 0.4) is 0 Å². The number of urea groups is 1. The summed E-state index contributed by atoms with van der Waals surface area (Å²) in [5, 5.41) is 5.82. The molecule has 1 heterocycles. The molecule has 148 valence electrons. The van der Waals surface area contributed by atoms with Crippen LogP contribution in [0.5, 0.6) is 0 Å². The molecule has 8 heteroatoms. The second-order valence-corrected chi connectivity index (χ2v) is 7.82. The van der Waals surface area contributed by atoms with Crippen molar-refractivity contribution >= 4 is 30.3 Å². The van der Waals surface area contributed by atoms with E-state index < -0.39 is 17.6 Å². The van der Waals surface area contributed by atoms with Gasteiger partial charge in [0.25, 0.3) is 5.91 Å². The molecule has 1 spiro atoms. The van der Waals surface area contributed by atoms with Crippen LogP contribution in [-0.4, -0.2) is 46.9 Å². The third-order valence-electron chi connectivity index (χ3n) is 6.22. The Morgan fingerprint density at radius 3 is 2.42 bits per heavy atom. The minimum absolute atomic E-state index is 0. The van der Waals surface area contributed by atoms with Gasteiger partial charge in [0.2, 0.25) is 5.91 Å². The quantitative estimate of drug-likeness (QED) is 0.625. The van der Waals surface area contributed by atoms with Crippen molar-refractivity contribution in [2.45, 2.75) is 82.3 Å². The lowest BCUT2D eigenvalue weighted by Gasteiger charge is -2.32. The van der Waals surface area contributed by atoms with Gasteiger partial charge in [0, 0.05) is 12.6 Å². The van der Waals surface area contributed by atoms with Gasteiger partial charge in [-0.2, -0.15) is 0 Å². The third kappa shape index (κ3) is 3.83. The molecule has 0 aromatic rings. The van der Waals surface area contributed by atoms with Gasteiger partial charge in [-0.05, 0) is 38.5 Å². The molecule has 26 heavy (non-hydrogen) atoms. The first kappa shape index (κ1) is 21.0. The maximum atomic E-state index is 12.8. The highest BCUT2D eigenvalue weighted by atomic mass is 35.5. The van der Waals surface area contributed by atoms with Gasteiger partial charge in [-0.25, -0.2) is 9.69 Å². The number of nitrogens with zero attached hydrogens (tertiary/aromatic N) is 1. The van der Waals surface area contributed by atoms with Gasteiger partial charge in [-0.1, -0.05) is 32.1 Å². The number of imide groups is 1. The number of amides is 4. The first-order valence-corrected chi connectivity index (χ1v) is 9.65. The molecule has 2 aliphatic carbocycles. The SMILES string of the molecule is CC(C(=O)NC(CN)C1CCCCC1)N1C(=O)NC2(CCCC2)C1=O.Cl. The second kappa shape index (κ2) is 8.57. The average molecular weight is 387 g/mol. The molecule has 0 aromatic carbocycles. The lowest BCUT2D eigenvalue weighted by Crippen LogP contribution is -2.54. The number of carbonyl (C=O) groups excluding carboxylic acids is 3. The van der Waals surface area contributed by atoms with Crippen molar-refractivity contribution in [3.05, 3.63) is 0 Å². The summed E-state index contributed by atoms with van der Waals surface area (Å²) in [6, 6.07) is -1.35. The Morgan fingerprint density at radius 1 is 1.23 bits per heavy atom. The number of nitrogens with two attached hydrogens (primary N) is 1. The van der Waals surface area contributed by atoms with E-state index in [1.54, 1.807) is 6.92 Å². The normalized spacial score (nSPS) is 24.9. The van der Waals surface area contributed by atoms with Crippen molar-refractivity contribution < 1.29 is 14.4 Å². The Kier molecular flexibility index (Phi) is 6.91. The minimum Gasteiger partial charge on any atom is -0.350 e. The predicted octanol–water partition coefficient (Wildman–Crippen LogP) is 1.69. The van der Waals surface area contributed by atoms with Crippen molar-refractivity contribution in [1.29, 1.82) is 0 Å². The second-order valence-electron chi connectivity index (χ2n) is 7.82. The van der Waals surface area contributed by atoms with E-state index in [0.717, 1.165) is 30.6 Å². The lowest BCUT2D eigenvalue weighted by molar-refractivity contribution is -0.138. The molecule has 3 aliphatic rings. The van der Waals surface area contributed by atoms with Crippen LogP contribution in [-0.2, 0) is 9.59 Å². The summed E-state index contributed by atoms with van der Waals surface area (Å²) in [5.41, 5.74) is 5.10. The molecule has 2 atom stereocenters. The Balaban J connectivity index is 0.00000243. The molecule has 0 bridgehead atoms. The van der Waals surface area contributed by atoms with E-state index >= 15 is 0 Å². The zero-order valence-electron chi connectivity index (χ0n) is 15.5. The molecule has 4 amide bonds. The standard InChI is InChI=1S/C18H30N4O3.ClH/c1-12(15(23)20-14(11-19)13-7-3-2-4-8-13)22-16(24)18(21-17(22)25)9-5-6-10-18;/h12-14H,2-11,19H2,1H3,(H,20,23)(H,21,25);1H. The number of hydrogen-bond donors (Lipinski definition) is 3. The van der Waals surface area contributed by atoms with Crippen molar-refractivity contribution in [2.75, 3.05) is 6.54 Å². The average Bonchev–Trinajstić information content (AvgIpc) is 3.18. The highest BCUT2D eigenvalue weighted by Gasteiger charge is 2.54. The fraction of sp³-hybridized carbons (Fsp3) is 0.833. The fourth-order valence-electron chi connectivity index (χ4n) is 4.64. The monoisotopic (exact) mass is 386 g/mol. The lowest BCUT2D eigenvalue weighted by atomic mass is 9.84. The summed E-state index contributed by atoms with van der Waals surface area (Å²) in [6.45, 7) is 2.00. The van der Waals surface area contributed by atoms with Crippen LogP contribution in [0.4, 0.5) is 4.79 Å². The van der Waals surface area contributed by atoms with Gasteiger partial charge >= 0.3 is 6.03 Å². The number of nitrogens with one attached hydrogen (secondary N) is 2. The van der Waals surface area contributed by atoms with E-state index in [9.17, 15) is 14.4 Å². The first-order chi connectivity index (χ1) is 12.0. The molecule has 3 rings (SSSR count). The van der Waals surface area contributed by atoms with Crippen LogP contribution >= 0.6 is 12.4 Å². The van der Waals surface area contributed by atoms with E-state index in [0.29, 0.717) is 25.3 Å². The summed E-state index contributed by atoms with van der Waals surface area (Å²) in [6.07, 6.45) is 8.90. The Bertz CT molecular complexity index is 545. The van der Waals surface area contributed by atoms with E-state index in [-0.39, 0.29) is 30.3 Å². The van der Waals surface area contributed by atoms with Crippen molar-refractivity contribution in [2.24, 2.45) is 11.7 Å². The van der Waals surface area contributed by atoms with Gasteiger partial charge in [0.05, 0.1) is 0 Å². The van der Waals surface area contributed by atoms with E-state index in [1.807, 2.05) is 0 Å². The van der Waals surface area contributed by atoms with Gasteiger partial charge in [0.15, 0.2) is 0 Å². The van der Waals surface area contributed by atoms with Gasteiger partial charge in [-0.15, -0.1) is 12.4 Å². The van der Waals surface area contributed by atoms with Crippen LogP contribution in [0.25, 0.3) is 0 Å². The summed E-state index contributed by atoms with van der Waals surface area (Å²) in [7, 11) is 0. The number of halogens is 1. The van der Waals surface area contributed by atoms with Crippen molar-refractivity contribution in [3.8, 4) is 0 Å². The first-order valence-electron chi connectivity index (χ1n) is 9.65. The topological polar surface area (TPSA) is 105 Å². The molecular formula is C18H31ClN4O3. The molecule has 4 N–H and O–H groups in total. The Labute approximate surface area is 161 Å². The van der Waals surface area contributed by atoms with Crippen LogP contribution in [0.2, 0.25) is 0 Å². The molecule has 3 fully saturated rings. The summed E-state index contributed by atoms with van der Waals surface area (Å²) in [4.78, 5) is 38.9. The van der Waals surface area contributed by atoms with Gasteiger partial charge < -0.3 is 16.4 Å². The van der Waals surface area contributed by atoms with Crippen LogP contribution < -0.4 is 16.4 Å². The van der Waals surface area contributed by atoms with Crippen LogP contribution in [0, 0.1) is 5.92 Å². The van der Waals surface area contributed by atoms with E-state index in [4.69, 9.17) is 5.73 Å². The number of rotatable bonds is 5. The van der Waals surface area contributed by atoms with Crippen molar-refractivity contribution in [1.82, 2.24) is 15.5 Å². The molecule has 0 aromatic heterocycles. The van der Waals surface area contributed by atoms with Crippen LogP contribution in [0.15, 0.2) is 0 Å². The molecule has 2 unspecified atom stereocenters. The molecule has 1 saturated heterocycles. The summed E-state index contributed by atoms with van der Waals surface area (Å²) in [5.74, 6) is -0.154. The summed E-state index contributed by atoms with van der Waals surface area (Å²) >= 11 is 0. The number of carbonyl (C=O) groups is 3. The molecule has 7 nitrogen and oxygen atoms in total. The highest BCUT2D eigenvalue weighted by Crippen LogP contribution is 2.35. The molecule has 0 radical (unpaired) electrons. The smallest absolute Gasteiger partial charge is 0.325 e. The maximum Gasteiger partial charge on any atom is 0.325 e. The number of hydrogen-bond acceptors (Lipinski definition) is 4. The zero-order chi connectivity index (χ0) is 18.0. The zero-order valence-corrected chi connectivity index (χ0v) is 16.3. The third-order valence-corrected chi connectivity index (χ3v) is 6.22. The van der Waals surface area contributed by atoms with E-state index in [2.05, 4.69) is 10.6 Å². The maximum absolute atomic E-state index is 12.8. The highest BCUT2D eigenvalue weighted by molar-refractivity contribution is 6.10. The molecule has 1 aliphatic heterocycles. The van der Waals surface area contributed by atoms with Crippen molar-refractivity contribution in [3.63, 3.8) is 0 Å². The fourth-order valence-corrected chi connectivity index (χ4v) is 4.64. The predicted molar refractivity (Wildman–Crippen MR) is 101 cm³/mol. The van der Waals surface area contributed by atoms with E-state index in [1.165, 1.54) is 19.3 Å². The van der Waals surface area contributed by atoms with Gasteiger partial charge in [-0.3, -0.25) is 9.59 Å². The Hall–Kier alpha value is -1.34. The van der Waals surface area contributed by atoms with Crippen LogP contribution in [0.1, 0.15) is 64.7 Å². The minimum atomic E-state index is -0.815. The molecule has 2 saturated carbocycles. The van der Waals surface area contributed by atoms with Gasteiger partial charge in [0.1, 0.15) is 11.6 Å².